The summed E-state index contributed by atoms with van der Waals surface area (Å²) in [6.07, 6.45) is 0.538. The SMILES string of the molecule is C[C@H](NC(=O)[C@H](CC(=O)O)NC(=O)CCCNc1c(NCCCC(C(=O)[O-])N2CCN(CC(=O)[O-])CCN(CC(=O)[O-])CCN(CC(=O)[O-])CC2)c(=O)c1=O)C(=O)N[C@@H](Cc1cnc[nH]1)C(=O)N[C@@H](CO)C(=O)N[C@@H](Cc1ccccc1)C(=O)N[C@@H](CO)C(=O)O.[Gd+3]. The maximum absolute atomic E-state index is 13.8. The minimum atomic E-state index is -1.79. The molecule has 1 radical (unpaired) electrons. The van der Waals surface area contributed by atoms with Crippen molar-refractivity contribution in [2.24, 2.45) is 0 Å². The second-order valence-corrected chi connectivity index (χ2v) is 21.2. The molecule has 92 heavy (non-hydrogen) atoms. The topological polar surface area (TPSA) is 550 Å². The molecule has 1 unspecified atom stereocenters. The molecule has 1 aliphatic heterocycles. The predicted molar refractivity (Wildman–Crippen MR) is 305 cm³/mol. The number of aromatic amines is 1. The van der Waals surface area contributed by atoms with Crippen molar-refractivity contribution in [3.05, 3.63) is 74.6 Å². The third kappa shape index (κ3) is 27.0. The maximum atomic E-state index is 13.8. The number of anilines is 2. The zero-order valence-corrected chi connectivity index (χ0v) is 52.1. The smallest absolute Gasteiger partial charge is 0.549 e. The van der Waals surface area contributed by atoms with Crippen molar-refractivity contribution in [2.75, 3.05) is 109 Å². The molecule has 1 aliphatic rings. The number of rotatable bonds is 38. The van der Waals surface area contributed by atoms with Gasteiger partial charge in [0.25, 0.3) is 10.9 Å². The zero-order chi connectivity index (χ0) is 67.3. The molecule has 2 heterocycles. The fraction of sp³-hybridized carbons (Fsp3) is 0.545. The number of amides is 6. The van der Waals surface area contributed by atoms with E-state index in [0.717, 1.165) is 6.92 Å². The van der Waals surface area contributed by atoms with Gasteiger partial charge in [-0.1, -0.05) is 30.3 Å². The van der Waals surface area contributed by atoms with Crippen LogP contribution in [0.3, 0.4) is 0 Å². The summed E-state index contributed by atoms with van der Waals surface area (Å²) in [5.74, 6) is -15.2. The van der Waals surface area contributed by atoms with Gasteiger partial charge in [0.15, 0.2) is 0 Å². The monoisotopic (exact) mass is 1440 g/mol. The minimum absolute atomic E-state index is 0. The van der Waals surface area contributed by atoms with Crippen LogP contribution in [-0.2, 0) is 70.4 Å². The van der Waals surface area contributed by atoms with Gasteiger partial charge in [-0.05, 0) is 31.7 Å². The Bertz CT molecular complexity index is 3030. The molecule has 505 valence electrons. The summed E-state index contributed by atoms with van der Waals surface area (Å²) in [6.45, 7) is -2.80. The van der Waals surface area contributed by atoms with Crippen molar-refractivity contribution >= 4 is 82.6 Å². The molecule has 4 rings (SSSR count). The van der Waals surface area contributed by atoms with Crippen molar-refractivity contribution < 1.29 is 138 Å². The van der Waals surface area contributed by atoms with E-state index in [1.165, 1.54) is 32.1 Å². The van der Waals surface area contributed by atoms with Crippen LogP contribution < -0.4 is 73.8 Å². The molecule has 1 aromatic heterocycles. The van der Waals surface area contributed by atoms with Gasteiger partial charge >= 0.3 is 51.9 Å². The maximum Gasteiger partial charge on any atom is 3.00 e. The zero-order valence-electron chi connectivity index (χ0n) is 49.9. The van der Waals surface area contributed by atoms with E-state index in [0.29, 0.717) is 5.56 Å². The van der Waals surface area contributed by atoms with E-state index >= 15 is 0 Å². The Labute approximate surface area is 557 Å². The first kappa shape index (κ1) is 78.1. The molecule has 1 fully saturated rings. The number of aliphatic hydroxyl groups is 2. The van der Waals surface area contributed by atoms with E-state index in [2.05, 4.69) is 52.5 Å². The summed E-state index contributed by atoms with van der Waals surface area (Å²) in [5.41, 5.74) is -1.37. The van der Waals surface area contributed by atoms with Crippen LogP contribution in [0.5, 0.6) is 0 Å². The molecule has 37 heteroatoms. The van der Waals surface area contributed by atoms with Gasteiger partial charge in [-0.3, -0.25) is 62.8 Å². The van der Waals surface area contributed by atoms with Crippen LogP contribution in [0.4, 0.5) is 11.4 Å². The molecular weight excluding hydrogens is 1370 g/mol. The number of H-pyrrole nitrogens is 1. The first-order valence-corrected chi connectivity index (χ1v) is 28.7. The molecule has 0 bridgehead atoms. The Balaban J connectivity index is 0.0000221. The second-order valence-electron chi connectivity index (χ2n) is 21.2. The molecule has 2 aromatic carbocycles. The minimum Gasteiger partial charge on any atom is -0.549 e. The van der Waals surface area contributed by atoms with E-state index in [9.17, 15) is 108 Å². The number of nitrogens with zero attached hydrogens (tertiary/aromatic N) is 5. The first-order chi connectivity index (χ1) is 43.2. The summed E-state index contributed by atoms with van der Waals surface area (Å²) < 4.78 is 0. The van der Waals surface area contributed by atoms with Crippen molar-refractivity contribution in [1.29, 1.82) is 0 Å². The average Bonchev–Trinajstić information content (AvgIpc) is 0.866. The van der Waals surface area contributed by atoms with Gasteiger partial charge in [0, 0.05) is 122 Å². The number of carboxylic acids is 6. The van der Waals surface area contributed by atoms with Crippen LogP contribution >= 0.6 is 0 Å². The van der Waals surface area contributed by atoms with Crippen molar-refractivity contribution in [1.82, 2.24) is 61.5 Å². The van der Waals surface area contributed by atoms with Crippen molar-refractivity contribution in [2.45, 2.75) is 94.2 Å². The van der Waals surface area contributed by atoms with Crippen molar-refractivity contribution in [3.8, 4) is 0 Å². The molecule has 13 N–H and O–H groups in total. The normalized spacial score (nSPS) is 15.9. The van der Waals surface area contributed by atoms with Gasteiger partial charge in [-0.15, -0.1) is 0 Å². The summed E-state index contributed by atoms with van der Waals surface area (Å²) >= 11 is 0. The third-order valence-corrected chi connectivity index (χ3v) is 14.3. The largest absolute Gasteiger partial charge is 3.00 e. The summed E-state index contributed by atoms with van der Waals surface area (Å²) in [5, 5.41) is 105. The molecule has 0 aliphatic carbocycles. The fourth-order valence-corrected chi connectivity index (χ4v) is 9.44. The number of nitrogens with one attached hydrogen (secondary N) is 9. The third-order valence-electron chi connectivity index (χ3n) is 14.3. The Kier molecular flexibility index (Phi) is 33.9. The van der Waals surface area contributed by atoms with E-state index in [4.69, 9.17) is 0 Å². The number of hydrogen-bond acceptors (Lipinski definition) is 27. The quantitative estimate of drug-likeness (QED) is 0.0187. The molecule has 0 spiro atoms. The molecule has 3 aromatic rings. The fourth-order valence-electron chi connectivity index (χ4n) is 9.44. The Morgan fingerprint density at radius 2 is 1.03 bits per heavy atom. The number of imidazole rings is 1. The number of carbonyl (C=O) groups excluding carboxylic acids is 10. The molecule has 36 nitrogen and oxygen atoms in total. The summed E-state index contributed by atoms with van der Waals surface area (Å²) in [4.78, 5) is 189. The van der Waals surface area contributed by atoms with Crippen LogP contribution in [-0.4, -0.2) is 262 Å². The Hall–Kier alpha value is -8.17. The number of aliphatic carboxylic acids is 6. The van der Waals surface area contributed by atoms with Gasteiger partial charge < -0.3 is 108 Å². The Morgan fingerprint density at radius 1 is 0.576 bits per heavy atom. The van der Waals surface area contributed by atoms with Crippen LogP contribution in [0, 0.1) is 39.9 Å². The molecule has 0 saturated carbocycles. The summed E-state index contributed by atoms with van der Waals surface area (Å²) in [7, 11) is 0. The van der Waals surface area contributed by atoms with Gasteiger partial charge in [0.1, 0.15) is 47.6 Å². The molecule has 7 atom stereocenters. The first-order valence-electron chi connectivity index (χ1n) is 28.7. The van der Waals surface area contributed by atoms with Gasteiger partial charge in [-0.25, -0.2) is 9.78 Å². The molecular formula is C55H74GdN14O22-. The summed E-state index contributed by atoms with van der Waals surface area (Å²) in [6, 6.07) is -3.12. The van der Waals surface area contributed by atoms with Crippen LogP contribution in [0.15, 0.2) is 52.4 Å². The van der Waals surface area contributed by atoms with E-state index in [1.54, 1.807) is 30.3 Å². The molecule has 1 saturated heterocycles. The number of aliphatic hydroxyl groups excluding tert-OH is 2. The molecule has 6 amide bonds. The number of hydrogen-bond donors (Lipinski definition) is 13. The van der Waals surface area contributed by atoms with Crippen LogP contribution in [0.2, 0.25) is 0 Å². The standard InChI is InChI=1S/C55H78N14O22.Gd/c1-31(49(83)62-35(22-33-24-56-30-59-33)52(86)64-37(28-70)53(87)63-34(21-32-7-3-2-4-8-32)51(85)65-38(29-71)54(88)89)60-50(84)36(23-41(73)74)61-40(72)10-6-12-58-46-45(47(81)48(46)82)57-11-5-9-39(55(90)91)69-19-17-67(26-43(77)78)15-13-66(25-42(75)76)14-16-68(18-20-69)27-44(79)80;/h2-4,7-8,24,30-31,34-39,57-58,70-71H,5-6,9-23,25-29H2,1H3,(H,56,59)(H,60,84)(H,61,72)(H,62,83)(H,63,87)(H,64,86)(H,65,85)(H,73,74)(H,75,76)(H,77,78)(H,79,80)(H,88,89)(H,90,91);/q;+3/p-4/t31-,34-,35-,36-,37-,38-,39?;/m0./s1. The number of carboxylic acid groups (broad SMARTS) is 6. The van der Waals surface area contributed by atoms with E-state index in [1.807, 2.05) is 0 Å². The number of benzene rings is 1. The van der Waals surface area contributed by atoms with Gasteiger partial charge in [0.2, 0.25) is 35.4 Å². The number of aromatic nitrogens is 2. The van der Waals surface area contributed by atoms with Crippen LogP contribution in [0.25, 0.3) is 0 Å². The van der Waals surface area contributed by atoms with Crippen LogP contribution in [0.1, 0.15) is 50.3 Å². The second kappa shape index (κ2) is 40.0. The Morgan fingerprint density at radius 3 is 1.50 bits per heavy atom. The van der Waals surface area contributed by atoms with Gasteiger partial charge in [0.05, 0.1) is 49.8 Å². The number of carbonyl (C=O) groups is 12. The average molecular weight is 1440 g/mol. The van der Waals surface area contributed by atoms with Gasteiger partial charge in [-0.2, -0.15) is 0 Å². The predicted octanol–water partition coefficient (Wildman–Crippen LogP) is -12.1. The van der Waals surface area contributed by atoms with Crippen molar-refractivity contribution in [3.63, 3.8) is 0 Å². The van der Waals surface area contributed by atoms with E-state index < -0.39 is 164 Å². The van der Waals surface area contributed by atoms with E-state index in [-0.39, 0.29) is 161 Å².